The molecule has 3 unspecified atom stereocenters. The molecule has 0 bridgehead atoms. The first-order chi connectivity index (χ1) is 13.9. The van der Waals surface area contributed by atoms with Crippen LogP contribution in [-0.2, 0) is 9.59 Å². The summed E-state index contributed by atoms with van der Waals surface area (Å²) in [6, 6.07) is 7.19. The molecule has 2 aromatic rings. The Morgan fingerprint density at radius 3 is 2.86 bits per heavy atom. The minimum Gasteiger partial charge on any atom is -0.454 e. The van der Waals surface area contributed by atoms with Crippen LogP contribution in [0.15, 0.2) is 30.3 Å². The number of carbonyl (C=O) groups excluding carboxylic acids is 2. The first-order valence-corrected chi connectivity index (χ1v) is 9.42. The van der Waals surface area contributed by atoms with Gasteiger partial charge in [-0.05, 0) is 37.6 Å². The van der Waals surface area contributed by atoms with Gasteiger partial charge in [0.25, 0.3) is 0 Å². The normalized spacial score (nSPS) is 23.3. The fourth-order valence-corrected chi connectivity index (χ4v) is 3.22. The second kappa shape index (κ2) is 7.59. The van der Waals surface area contributed by atoms with Crippen LogP contribution in [0, 0.1) is 12.8 Å². The summed E-state index contributed by atoms with van der Waals surface area (Å²) in [6.07, 6.45) is 2.59. The van der Waals surface area contributed by atoms with Crippen LogP contribution in [0.1, 0.15) is 31.4 Å². The number of hydrogen-bond donors (Lipinski definition) is 3. The molecule has 152 valence electrons. The van der Waals surface area contributed by atoms with Crippen LogP contribution < -0.4 is 25.4 Å². The number of anilines is 1. The van der Waals surface area contributed by atoms with E-state index in [1.165, 1.54) is 6.08 Å². The monoisotopic (exact) mass is 397 g/mol. The average Bonchev–Trinajstić information content (AvgIpc) is 3.29. The highest BCUT2D eigenvalue weighted by atomic mass is 16.7. The lowest BCUT2D eigenvalue weighted by atomic mass is 10.0. The molecule has 9 nitrogen and oxygen atoms in total. The Balaban J connectivity index is 1.47. The number of aryl methyl sites for hydroxylation is 1. The third-order valence-electron chi connectivity index (χ3n) is 5.04. The molecular formula is C20H23N5O4. The standard InChI is InChI=1S/C20H23N5O4/c1-11-8-17(25(24-11)20-21-13(3)12(2)19(27)23-20)22-18(26)7-5-14-4-6-15-16(9-14)29-10-28-15/h4-9,12-13,20-21H,10H2,1-3H3,(H,22,26)(H,23,27)/b7-5+. The molecule has 29 heavy (non-hydrogen) atoms. The molecule has 3 atom stereocenters. The van der Waals surface area contributed by atoms with Gasteiger partial charge in [-0.15, -0.1) is 0 Å². The largest absolute Gasteiger partial charge is 0.454 e. The van der Waals surface area contributed by atoms with Gasteiger partial charge in [-0.3, -0.25) is 14.9 Å². The van der Waals surface area contributed by atoms with E-state index >= 15 is 0 Å². The van der Waals surface area contributed by atoms with Crippen molar-refractivity contribution in [2.75, 3.05) is 12.1 Å². The van der Waals surface area contributed by atoms with E-state index in [1.807, 2.05) is 32.9 Å². The van der Waals surface area contributed by atoms with Crippen molar-refractivity contribution in [1.82, 2.24) is 20.4 Å². The van der Waals surface area contributed by atoms with Crippen molar-refractivity contribution in [3.8, 4) is 11.5 Å². The number of fused-ring (bicyclic) bond motifs is 1. The number of ether oxygens (including phenoxy) is 2. The van der Waals surface area contributed by atoms with E-state index < -0.39 is 6.29 Å². The van der Waals surface area contributed by atoms with Crippen molar-refractivity contribution < 1.29 is 19.1 Å². The number of amides is 2. The van der Waals surface area contributed by atoms with Crippen molar-refractivity contribution in [1.29, 1.82) is 0 Å². The summed E-state index contributed by atoms with van der Waals surface area (Å²) in [5.41, 5.74) is 1.54. The van der Waals surface area contributed by atoms with Gasteiger partial charge in [0, 0.05) is 18.2 Å². The second-order valence-electron chi connectivity index (χ2n) is 7.21. The van der Waals surface area contributed by atoms with E-state index in [0.717, 1.165) is 11.3 Å². The van der Waals surface area contributed by atoms with Crippen molar-refractivity contribution in [2.24, 2.45) is 5.92 Å². The van der Waals surface area contributed by atoms with Gasteiger partial charge in [-0.1, -0.05) is 13.0 Å². The SMILES string of the molecule is Cc1cc(NC(=O)/C=C/c2ccc3c(c2)OCO3)n(C2NC(=O)C(C)C(C)N2)n1. The smallest absolute Gasteiger partial charge is 0.249 e. The molecule has 0 aliphatic carbocycles. The number of nitrogens with zero attached hydrogens (tertiary/aromatic N) is 2. The summed E-state index contributed by atoms with van der Waals surface area (Å²) in [6.45, 7) is 5.83. The van der Waals surface area contributed by atoms with E-state index in [9.17, 15) is 9.59 Å². The predicted octanol–water partition coefficient (Wildman–Crippen LogP) is 1.77. The highest BCUT2D eigenvalue weighted by molar-refractivity contribution is 6.01. The molecule has 1 saturated heterocycles. The van der Waals surface area contributed by atoms with Crippen molar-refractivity contribution in [3.63, 3.8) is 0 Å². The van der Waals surface area contributed by atoms with Gasteiger partial charge in [0.2, 0.25) is 18.6 Å². The fourth-order valence-electron chi connectivity index (χ4n) is 3.22. The lowest BCUT2D eigenvalue weighted by Crippen LogP contribution is -2.57. The minimum absolute atomic E-state index is 0.0206. The third-order valence-corrected chi connectivity index (χ3v) is 5.04. The van der Waals surface area contributed by atoms with Gasteiger partial charge in [0.05, 0.1) is 11.6 Å². The Kier molecular flexibility index (Phi) is 4.98. The molecule has 2 aliphatic heterocycles. The van der Waals surface area contributed by atoms with Crippen LogP contribution >= 0.6 is 0 Å². The van der Waals surface area contributed by atoms with Crippen molar-refractivity contribution >= 4 is 23.7 Å². The molecule has 0 spiro atoms. The summed E-state index contributed by atoms with van der Waals surface area (Å²) < 4.78 is 12.2. The van der Waals surface area contributed by atoms with E-state index in [2.05, 4.69) is 21.0 Å². The highest BCUT2D eigenvalue weighted by Crippen LogP contribution is 2.32. The number of hydrogen-bond acceptors (Lipinski definition) is 6. The van der Waals surface area contributed by atoms with Crippen LogP contribution in [-0.4, -0.2) is 34.4 Å². The number of rotatable bonds is 4. The Morgan fingerprint density at radius 2 is 2.07 bits per heavy atom. The molecule has 1 fully saturated rings. The molecule has 4 rings (SSSR count). The molecule has 3 N–H and O–H groups in total. The van der Waals surface area contributed by atoms with Gasteiger partial charge < -0.3 is 20.1 Å². The molecule has 2 aliphatic rings. The maximum atomic E-state index is 12.4. The number of benzene rings is 1. The quantitative estimate of drug-likeness (QED) is 0.679. The summed E-state index contributed by atoms with van der Waals surface area (Å²) in [7, 11) is 0. The zero-order valence-electron chi connectivity index (χ0n) is 16.4. The van der Waals surface area contributed by atoms with Crippen LogP contribution in [0.5, 0.6) is 11.5 Å². The van der Waals surface area contributed by atoms with Gasteiger partial charge in [-0.25, -0.2) is 4.68 Å². The Labute approximate surface area is 168 Å². The second-order valence-corrected chi connectivity index (χ2v) is 7.21. The zero-order chi connectivity index (χ0) is 20.5. The first kappa shape index (κ1) is 19.0. The Morgan fingerprint density at radius 1 is 1.28 bits per heavy atom. The van der Waals surface area contributed by atoms with E-state index in [-0.39, 0.29) is 30.6 Å². The molecular weight excluding hydrogens is 374 g/mol. The first-order valence-electron chi connectivity index (χ1n) is 9.42. The van der Waals surface area contributed by atoms with Gasteiger partial charge in [0.1, 0.15) is 5.82 Å². The Hall–Kier alpha value is -3.33. The van der Waals surface area contributed by atoms with Crippen LogP contribution in [0.3, 0.4) is 0 Å². The van der Waals surface area contributed by atoms with Crippen LogP contribution in [0.2, 0.25) is 0 Å². The highest BCUT2D eigenvalue weighted by Gasteiger charge is 2.32. The summed E-state index contributed by atoms with van der Waals surface area (Å²) >= 11 is 0. The number of aromatic nitrogens is 2. The third kappa shape index (κ3) is 3.95. The van der Waals surface area contributed by atoms with Crippen LogP contribution in [0.4, 0.5) is 5.82 Å². The Bertz CT molecular complexity index is 983. The van der Waals surface area contributed by atoms with Crippen molar-refractivity contribution in [2.45, 2.75) is 33.1 Å². The fraction of sp³-hybridized carbons (Fsp3) is 0.350. The van der Waals surface area contributed by atoms with Gasteiger partial charge in [-0.2, -0.15) is 5.10 Å². The topological polar surface area (TPSA) is 107 Å². The van der Waals surface area contributed by atoms with Crippen LogP contribution in [0.25, 0.3) is 6.08 Å². The molecule has 2 amide bonds. The zero-order valence-corrected chi connectivity index (χ0v) is 16.4. The lowest BCUT2D eigenvalue weighted by Gasteiger charge is -2.34. The maximum absolute atomic E-state index is 12.4. The van der Waals surface area contributed by atoms with E-state index in [0.29, 0.717) is 17.3 Å². The summed E-state index contributed by atoms with van der Waals surface area (Å²) in [5, 5.41) is 13.4. The number of carbonyl (C=O) groups is 2. The van der Waals surface area contributed by atoms with E-state index in [4.69, 9.17) is 9.47 Å². The predicted molar refractivity (Wildman–Crippen MR) is 106 cm³/mol. The molecule has 0 saturated carbocycles. The molecule has 3 heterocycles. The minimum atomic E-state index is -0.532. The average molecular weight is 397 g/mol. The summed E-state index contributed by atoms with van der Waals surface area (Å²) in [5.74, 6) is 1.31. The lowest BCUT2D eigenvalue weighted by molar-refractivity contribution is -0.130. The van der Waals surface area contributed by atoms with Gasteiger partial charge >= 0.3 is 0 Å². The van der Waals surface area contributed by atoms with Gasteiger partial charge in [0.15, 0.2) is 17.8 Å². The summed E-state index contributed by atoms with van der Waals surface area (Å²) in [4.78, 5) is 24.6. The molecule has 1 aromatic heterocycles. The molecule has 1 aromatic carbocycles. The number of nitrogens with one attached hydrogen (secondary N) is 3. The maximum Gasteiger partial charge on any atom is 0.249 e. The van der Waals surface area contributed by atoms with Crippen molar-refractivity contribution in [3.05, 3.63) is 41.6 Å². The van der Waals surface area contributed by atoms with E-state index in [1.54, 1.807) is 22.9 Å². The molecule has 9 heteroatoms. The molecule has 0 radical (unpaired) electrons.